The Morgan fingerprint density at radius 2 is 1.70 bits per heavy atom. The second-order valence-corrected chi connectivity index (χ2v) is 9.76. The molecule has 4 amide bonds. The topological polar surface area (TPSA) is 159 Å². The van der Waals surface area contributed by atoms with Gasteiger partial charge in [-0.15, -0.1) is 0 Å². The van der Waals surface area contributed by atoms with Crippen molar-refractivity contribution in [2.45, 2.75) is 17.4 Å². The zero-order valence-corrected chi connectivity index (χ0v) is 18.8. The molecule has 0 aliphatic carbocycles. The molecule has 174 valence electrons. The predicted octanol–water partition coefficient (Wildman–Crippen LogP) is 1.25. The van der Waals surface area contributed by atoms with Crippen molar-refractivity contribution in [2.75, 3.05) is 26.0 Å². The molecule has 1 saturated heterocycles. The molecule has 0 aromatic heterocycles. The molecule has 0 radical (unpaired) electrons. The number of sulfonamides is 1. The molecular formula is C20H21N5O7S. The van der Waals surface area contributed by atoms with Gasteiger partial charge < -0.3 is 10.6 Å². The first-order chi connectivity index (χ1) is 15.4. The second-order valence-electron chi connectivity index (χ2n) is 7.61. The Morgan fingerprint density at radius 1 is 1.12 bits per heavy atom. The van der Waals surface area contributed by atoms with E-state index in [9.17, 15) is 32.9 Å². The summed E-state index contributed by atoms with van der Waals surface area (Å²) in [5.41, 5.74) is -1.05. The third-order valence-electron chi connectivity index (χ3n) is 5.15. The number of carbonyl (C=O) groups is 3. The standard InChI is InChI=1S/C20H21N5O7S/c1-20(13-4-8-15(9-5-13)25(29)30)18(27)24(19(28)22-20)12-17(26)21-14-6-10-16(11-7-14)33(31,32)23(2)3/h4-11H,12H2,1-3H3,(H,21,26)(H,22,28)/t20-/m1/s1. The molecule has 1 atom stereocenters. The van der Waals surface area contributed by atoms with Crippen LogP contribution < -0.4 is 10.6 Å². The highest BCUT2D eigenvalue weighted by atomic mass is 32.2. The van der Waals surface area contributed by atoms with Crippen molar-refractivity contribution < 1.29 is 27.7 Å². The lowest BCUT2D eigenvalue weighted by atomic mass is 9.92. The summed E-state index contributed by atoms with van der Waals surface area (Å²) in [5.74, 6) is -1.36. The number of hydrogen-bond acceptors (Lipinski definition) is 7. The minimum absolute atomic E-state index is 0.0402. The van der Waals surface area contributed by atoms with Crippen molar-refractivity contribution >= 4 is 39.2 Å². The van der Waals surface area contributed by atoms with Crippen LogP contribution in [-0.4, -0.2) is 61.0 Å². The maximum atomic E-state index is 12.9. The monoisotopic (exact) mass is 475 g/mol. The van der Waals surface area contributed by atoms with E-state index in [0.29, 0.717) is 5.56 Å². The van der Waals surface area contributed by atoms with Crippen molar-refractivity contribution in [1.29, 1.82) is 0 Å². The van der Waals surface area contributed by atoms with Gasteiger partial charge in [-0.25, -0.2) is 17.5 Å². The smallest absolute Gasteiger partial charge is 0.325 e. The number of nitro groups is 1. The van der Waals surface area contributed by atoms with E-state index >= 15 is 0 Å². The molecule has 1 heterocycles. The van der Waals surface area contributed by atoms with Crippen molar-refractivity contribution in [2.24, 2.45) is 0 Å². The third-order valence-corrected chi connectivity index (χ3v) is 6.98. The molecule has 3 rings (SSSR count). The number of amides is 4. The molecule has 0 bridgehead atoms. The fourth-order valence-corrected chi connectivity index (χ4v) is 4.12. The van der Waals surface area contributed by atoms with Gasteiger partial charge >= 0.3 is 6.03 Å². The van der Waals surface area contributed by atoms with Gasteiger partial charge in [0.05, 0.1) is 9.82 Å². The number of rotatable bonds is 7. The Kier molecular flexibility index (Phi) is 6.20. The van der Waals surface area contributed by atoms with Gasteiger partial charge in [0, 0.05) is 31.9 Å². The van der Waals surface area contributed by atoms with Gasteiger partial charge in [-0.3, -0.25) is 24.6 Å². The number of nitrogens with zero attached hydrogens (tertiary/aromatic N) is 3. The fourth-order valence-electron chi connectivity index (χ4n) is 3.22. The average Bonchev–Trinajstić information content (AvgIpc) is 2.98. The van der Waals surface area contributed by atoms with Crippen molar-refractivity contribution in [1.82, 2.24) is 14.5 Å². The van der Waals surface area contributed by atoms with Gasteiger partial charge in [-0.1, -0.05) is 0 Å². The minimum atomic E-state index is -3.62. The second kappa shape index (κ2) is 8.60. The van der Waals surface area contributed by atoms with Crippen molar-refractivity contribution in [3.05, 3.63) is 64.2 Å². The summed E-state index contributed by atoms with van der Waals surface area (Å²) in [6, 6.07) is 9.80. The maximum Gasteiger partial charge on any atom is 0.325 e. The summed E-state index contributed by atoms with van der Waals surface area (Å²) in [6.45, 7) is 0.862. The molecule has 0 spiro atoms. The van der Waals surface area contributed by atoms with Crippen LogP contribution in [0.25, 0.3) is 0 Å². The predicted molar refractivity (Wildman–Crippen MR) is 117 cm³/mol. The number of hydrogen-bond donors (Lipinski definition) is 2. The highest BCUT2D eigenvalue weighted by Crippen LogP contribution is 2.30. The molecule has 33 heavy (non-hydrogen) atoms. The Bertz CT molecular complexity index is 1230. The van der Waals surface area contributed by atoms with E-state index in [4.69, 9.17) is 0 Å². The van der Waals surface area contributed by atoms with E-state index in [1.165, 1.54) is 69.6 Å². The molecule has 1 aliphatic heterocycles. The van der Waals surface area contributed by atoms with Crippen LogP contribution in [-0.2, 0) is 25.2 Å². The zero-order valence-electron chi connectivity index (χ0n) is 17.9. The van der Waals surface area contributed by atoms with Crippen LogP contribution in [0, 0.1) is 10.1 Å². The first-order valence-corrected chi connectivity index (χ1v) is 11.0. The lowest BCUT2D eigenvalue weighted by molar-refractivity contribution is -0.384. The van der Waals surface area contributed by atoms with Gasteiger partial charge in [0.15, 0.2) is 0 Å². The molecule has 0 unspecified atom stereocenters. The van der Waals surface area contributed by atoms with Crippen LogP contribution in [0.5, 0.6) is 0 Å². The summed E-state index contributed by atoms with van der Waals surface area (Å²) in [5, 5.41) is 15.9. The van der Waals surface area contributed by atoms with Crippen molar-refractivity contribution in [3.8, 4) is 0 Å². The highest BCUT2D eigenvalue weighted by molar-refractivity contribution is 7.89. The van der Waals surface area contributed by atoms with E-state index in [-0.39, 0.29) is 16.3 Å². The number of non-ortho nitro benzene ring substituents is 1. The Balaban J connectivity index is 1.71. The highest BCUT2D eigenvalue weighted by Gasteiger charge is 2.49. The lowest BCUT2D eigenvalue weighted by Crippen LogP contribution is -2.42. The number of carbonyl (C=O) groups excluding carboxylic acids is 3. The quantitative estimate of drug-likeness (QED) is 0.346. The molecule has 13 heteroatoms. The SMILES string of the molecule is CN(C)S(=O)(=O)c1ccc(NC(=O)CN2C(=O)N[C@](C)(c3ccc([N+](=O)[O-])cc3)C2=O)cc1. The Hall–Kier alpha value is -3.84. The fraction of sp³-hybridized carbons (Fsp3) is 0.250. The average molecular weight is 475 g/mol. The molecular weight excluding hydrogens is 454 g/mol. The van der Waals surface area contributed by atoms with Crippen LogP contribution in [0.2, 0.25) is 0 Å². The molecule has 2 aromatic carbocycles. The molecule has 2 aromatic rings. The van der Waals surface area contributed by atoms with Gasteiger partial charge in [-0.2, -0.15) is 0 Å². The molecule has 12 nitrogen and oxygen atoms in total. The number of nitrogens with one attached hydrogen (secondary N) is 2. The van der Waals surface area contributed by atoms with Crippen LogP contribution in [0.1, 0.15) is 12.5 Å². The first-order valence-electron chi connectivity index (χ1n) is 9.58. The van der Waals surface area contributed by atoms with E-state index < -0.39 is 44.9 Å². The molecule has 1 fully saturated rings. The summed E-state index contributed by atoms with van der Waals surface area (Å²) in [6.07, 6.45) is 0. The van der Waals surface area contributed by atoms with Crippen LogP contribution >= 0.6 is 0 Å². The lowest BCUT2D eigenvalue weighted by Gasteiger charge is -2.22. The van der Waals surface area contributed by atoms with Gasteiger partial charge in [-0.05, 0) is 48.9 Å². The summed E-state index contributed by atoms with van der Waals surface area (Å²) in [4.78, 5) is 48.8. The largest absolute Gasteiger partial charge is 0.325 e. The van der Waals surface area contributed by atoms with E-state index in [1.807, 2.05) is 0 Å². The summed E-state index contributed by atoms with van der Waals surface area (Å²) in [7, 11) is -0.832. The normalized spacial score (nSPS) is 18.4. The number of nitro benzene ring substituents is 1. The Morgan fingerprint density at radius 3 is 2.21 bits per heavy atom. The van der Waals surface area contributed by atoms with Crippen LogP contribution in [0.3, 0.4) is 0 Å². The van der Waals surface area contributed by atoms with Crippen molar-refractivity contribution in [3.63, 3.8) is 0 Å². The molecule has 0 saturated carbocycles. The van der Waals surface area contributed by atoms with E-state index in [0.717, 1.165) is 9.21 Å². The number of urea groups is 1. The van der Waals surface area contributed by atoms with Gasteiger partial charge in [0.25, 0.3) is 11.6 Å². The third kappa shape index (κ3) is 4.54. The maximum absolute atomic E-state index is 12.9. The number of imide groups is 1. The Labute approximate surface area is 189 Å². The van der Waals surface area contributed by atoms with E-state index in [2.05, 4.69) is 10.6 Å². The van der Waals surface area contributed by atoms with Gasteiger partial charge in [0.2, 0.25) is 15.9 Å². The summed E-state index contributed by atoms with van der Waals surface area (Å²) >= 11 is 0. The van der Waals surface area contributed by atoms with Crippen LogP contribution in [0.15, 0.2) is 53.4 Å². The van der Waals surface area contributed by atoms with E-state index in [1.54, 1.807) is 0 Å². The number of anilines is 1. The zero-order chi connectivity index (χ0) is 24.6. The van der Waals surface area contributed by atoms with Crippen LogP contribution in [0.4, 0.5) is 16.2 Å². The molecule has 2 N–H and O–H groups in total. The summed E-state index contributed by atoms with van der Waals surface area (Å²) < 4.78 is 25.3. The van der Waals surface area contributed by atoms with Gasteiger partial charge in [0.1, 0.15) is 12.1 Å². The first kappa shape index (κ1) is 23.8. The number of benzene rings is 2. The minimum Gasteiger partial charge on any atom is -0.325 e. The molecule has 1 aliphatic rings.